The van der Waals surface area contributed by atoms with Crippen molar-refractivity contribution in [2.45, 2.75) is 6.92 Å². The van der Waals surface area contributed by atoms with Crippen molar-refractivity contribution in [3.63, 3.8) is 0 Å². The SMILES string of the molecule is Cc1nc2cc(NC(=O)c3ccc4ccccc4c3)ccc2o1. The van der Waals surface area contributed by atoms with Crippen LogP contribution in [0.2, 0.25) is 0 Å². The van der Waals surface area contributed by atoms with Gasteiger partial charge >= 0.3 is 0 Å². The van der Waals surface area contributed by atoms with Crippen LogP contribution in [-0.4, -0.2) is 10.9 Å². The second-order valence-corrected chi connectivity index (χ2v) is 5.43. The third kappa shape index (κ3) is 2.55. The molecule has 0 aliphatic heterocycles. The number of oxazole rings is 1. The molecule has 0 aliphatic rings. The number of amides is 1. The first-order valence-corrected chi connectivity index (χ1v) is 7.36. The molecule has 0 bridgehead atoms. The van der Waals surface area contributed by atoms with Crippen LogP contribution in [-0.2, 0) is 0 Å². The van der Waals surface area contributed by atoms with E-state index in [9.17, 15) is 4.79 Å². The van der Waals surface area contributed by atoms with Gasteiger partial charge in [-0.1, -0.05) is 30.3 Å². The molecular formula is C19H14N2O2. The second-order valence-electron chi connectivity index (χ2n) is 5.43. The van der Waals surface area contributed by atoms with Crippen molar-refractivity contribution >= 4 is 33.5 Å². The van der Waals surface area contributed by atoms with Gasteiger partial charge in [0.05, 0.1) is 0 Å². The summed E-state index contributed by atoms with van der Waals surface area (Å²) in [7, 11) is 0. The Kier molecular flexibility index (Phi) is 3.08. The minimum atomic E-state index is -0.143. The molecule has 0 spiro atoms. The Labute approximate surface area is 132 Å². The monoisotopic (exact) mass is 302 g/mol. The van der Waals surface area contributed by atoms with Gasteiger partial charge in [-0.25, -0.2) is 4.98 Å². The number of rotatable bonds is 2. The fourth-order valence-corrected chi connectivity index (χ4v) is 2.65. The van der Waals surface area contributed by atoms with Gasteiger partial charge < -0.3 is 9.73 Å². The van der Waals surface area contributed by atoms with E-state index in [1.165, 1.54) is 0 Å². The van der Waals surface area contributed by atoms with E-state index in [1.54, 1.807) is 6.92 Å². The summed E-state index contributed by atoms with van der Waals surface area (Å²) in [5.41, 5.74) is 2.77. The van der Waals surface area contributed by atoms with Crippen molar-refractivity contribution < 1.29 is 9.21 Å². The van der Waals surface area contributed by atoms with Crippen molar-refractivity contribution in [3.8, 4) is 0 Å². The molecule has 4 rings (SSSR count). The van der Waals surface area contributed by atoms with Gasteiger partial charge in [0.25, 0.3) is 5.91 Å². The zero-order valence-electron chi connectivity index (χ0n) is 12.5. The Morgan fingerprint density at radius 3 is 2.70 bits per heavy atom. The summed E-state index contributed by atoms with van der Waals surface area (Å²) in [6.07, 6.45) is 0. The van der Waals surface area contributed by atoms with Crippen LogP contribution < -0.4 is 5.32 Å². The predicted molar refractivity (Wildman–Crippen MR) is 90.6 cm³/mol. The molecule has 0 unspecified atom stereocenters. The Hall–Kier alpha value is -3.14. The van der Waals surface area contributed by atoms with Crippen LogP contribution in [0.15, 0.2) is 65.1 Å². The van der Waals surface area contributed by atoms with Gasteiger partial charge in [0.2, 0.25) is 0 Å². The lowest BCUT2D eigenvalue weighted by atomic mass is 10.1. The average Bonchev–Trinajstić information content (AvgIpc) is 2.93. The van der Waals surface area contributed by atoms with Crippen molar-refractivity contribution in [2.24, 2.45) is 0 Å². The highest BCUT2D eigenvalue weighted by Crippen LogP contribution is 2.21. The van der Waals surface area contributed by atoms with Crippen LogP contribution in [0, 0.1) is 6.92 Å². The third-order valence-electron chi connectivity index (χ3n) is 3.76. The van der Waals surface area contributed by atoms with E-state index in [-0.39, 0.29) is 5.91 Å². The van der Waals surface area contributed by atoms with Crippen LogP contribution in [0.4, 0.5) is 5.69 Å². The lowest BCUT2D eigenvalue weighted by Crippen LogP contribution is -2.11. The predicted octanol–water partition coefficient (Wildman–Crippen LogP) is 4.54. The number of carbonyl (C=O) groups is 1. The lowest BCUT2D eigenvalue weighted by molar-refractivity contribution is 0.102. The maximum Gasteiger partial charge on any atom is 0.255 e. The Balaban J connectivity index is 1.64. The maximum absolute atomic E-state index is 12.4. The second kappa shape index (κ2) is 5.25. The number of nitrogens with zero attached hydrogens (tertiary/aromatic N) is 1. The standard InChI is InChI=1S/C19H14N2O2/c1-12-20-17-11-16(8-9-18(17)23-12)21-19(22)15-7-6-13-4-2-3-5-14(13)10-15/h2-11H,1H3,(H,21,22). The molecule has 4 nitrogen and oxygen atoms in total. The Morgan fingerprint density at radius 2 is 1.83 bits per heavy atom. The van der Waals surface area contributed by atoms with Gasteiger partial charge in [-0.3, -0.25) is 4.79 Å². The molecule has 4 aromatic rings. The molecule has 0 atom stereocenters. The van der Waals surface area contributed by atoms with Crippen LogP contribution in [0.25, 0.3) is 21.9 Å². The summed E-state index contributed by atoms with van der Waals surface area (Å²) in [6, 6.07) is 19.1. The molecule has 1 N–H and O–H groups in total. The average molecular weight is 302 g/mol. The molecule has 0 aliphatic carbocycles. The Bertz CT molecular complexity index is 1030. The normalized spacial score (nSPS) is 11.0. The highest BCUT2D eigenvalue weighted by Gasteiger charge is 2.09. The van der Waals surface area contributed by atoms with Gasteiger partial charge in [0, 0.05) is 18.2 Å². The number of hydrogen-bond donors (Lipinski definition) is 1. The fourth-order valence-electron chi connectivity index (χ4n) is 2.65. The number of fused-ring (bicyclic) bond motifs is 2. The zero-order valence-corrected chi connectivity index (χ0v) is 12.5. The van der Waals surface area contributed by atoms with Gasteiger partial charge in [-0.15, -0.1) is 0 Å². The van der Waals surface area contributed by atoms with E-state index in [0.29, 0.717) is 22.7 Å². The van der Waals surface area contributed by atoms with E-state index in [0.717, 1.165) is 16.3 Å². The quantitative estimate of drug-likeness (QED) is 0.591. The van der Waals surface area contributed by atoms with Crippen molar-refractivity contribution in [2.75, 3.05) is 5.32 Å². The number of anilines is 1. The fraction of sp³-hybridized carbons (Fsp3) is 0.0526. The molecule has 1 amide bonds. The van der Waals surface area contributed by atoms with E-state index in [2.05, 4.69) is 10.3 Å². The van der Waals surface area contributed by atoms with Gasteiger partial charge in [0.15, 0.2) is 11.5 Å². The van der Waals surface area contributed by atoms with E-state index in [4.69, 9.17) is 4.42 Å². The highest BCUT2D eigenvalue weighted by molar-refractivity contribution is 6.06. The molecule has 112 valence electrons. The largest absolute Gasteiger partial charge is 0.441 e. The van der Waals surface area contributed by atoms with Crippen LogP contribution in [0.1, 0.15) is 16.2 Å². The molecule has 4 heteroatoms. The van der Waals surface area contributed by atoms with Gasteiger partial charge in [-0.2, -0.15) is 0 Å². The topological polar surface area (TPSA) is 55.1 Å². The number of nitrogens with one attached hydrogen (secondary N) is 1. The van der Waals surface area contributed by atoms with Crippen molar-refractivity contribution in [1.82, 2.24) is 4.98 Å². The molecule has 1 heterocycles. The summed E-state index contributed by atoms with van der Waals surface area (Å²) in [4.78, 5) is 16.7. The van der Waals surface area contributed by atoms with Gasteiger partial charge in [-0.05, 0) is 41.1 Å². The maximum atomic E-state index is 12.4. The Morgan fingerprint density at radius 1 is 1.00 bits per heavy atom. The molecule has 1 aromatic heterocycles. The number of aromatic nitrogens is 1. The molecule has 23 heavy (non-hydrogen) atoms. The highest BCUT2D eigenvalue weighted by atomic mass is 16.3. The molecule has 0 fully saturated rings. The summed E-state index contributed by atoms with van der Waals surface area (Å²) >= 11 is 0. The minimum absolute atomic E-state index is 0.143. The molecule has 0 saturated carbocycles. The first kappa shape index (κ1) is 13.5. The molecule has 3 aromatic carbocycles. The van der Waals surface area contributed by atoms with Crippen LogP contribution >= 0.6 is 0 Å². The zero-order chi connectivity index (χ0) is 15.8. The number of hydrogen-bond acceptors (Lipinski definition) is 3. The summed E-state index contributed by atoms with van der Waals surface area (Å²) in [5, 5.41) is 5.06. The van der Waals surface area contributed by atoms with E-state index in [1.807, 2.05) is 60.7 Å². The molecular weight excluding hydrogens is 288 g/mol. The first-order valence-electron chi connectivity index (χ1n) is 7.36. The van der Waals surface area contributed by atoms with Crippen LogP contribution in [0.5, 0.6) is 0 Å². The summed E-state index contributed by atoms with van der Waals surface area (Å²) in [6.45, 7) is 1.80. The number of aryl methyl sites for hydroxylation is 1. The minimum Gasteiger partial charge on any atom is -0.441 e. The van der Waals surface area contributed by atoms with Crippen molar-refractivity contribution in [1.29, 1.82) is 0 Å². The first-order chi connectivity index (χ1) is 11.2. The summed E-state index contributed by atoms with van der Waals surface area (Å²) < 4.78 is 5.44. The van der Waals surface area contributed by atoms with Crippen LogP contribution in [0.3, 0.4) is 0 Å². The van der Waals surface area contributed by atoms with Gasteiger partial charge in [0.1, 0.15) is 5.52 Å². The number of carbonyl (C=O) groups excluding carboxylic acids is 1. The summed E-state index contributed by atoms with van der Waals surface area (Å²) in [5.74, 6) is 0.466. The lowest BCUT2D eigenvalue weighted by Gasteiger charge is -2.06. The smallest absolute Gasteiger partial charge is 0.255 e. The van der Waals surface area contributed by atoms with E-state index >= 15 is 0 Å². The number of benzene rings is 3. The molecule has 0 radical (unpaired) electrons. The van der Waals surface area contributed by atoms with E-state index < -0.39 is 0 Å². The van der Waals surface area contributed by atoms with Crippen molar-refractivity contribution in [3.05, 3.63) is 72.1 Å². The third-order valence-corrected chi connectivity index (χ3v) is 3.76. The molecule has 0 saturated heterocycles.